The first kappa shape index (κ1) is 21.4. The summed E-state index contributed by atoms with van der Waals surface area (Å²) in [7, 11) is 0. The molecule has 4 rings (SSSR count). The number of aromatic nitrogens is 3. The molecule has 0 aliphatic carbocycles. The molecule has 0 radical (unpaired) electrons. The number of ether oxygens (including phenoxy) is 1. The molecule has 2 heterocycles. The van der Waals surface area contributed by atoms with Crippen molar-refractivity contribution in [2.24, 2.45) is 5.10 Å². The molecule has 0 aliphatic heterocycles. The van der Waals surface area contributed by atoms with Crippen LogP contribution in [0.5, 0.6) is 5.75 Å². The van der Waals surface area contributed by atoms with E-state index in [4.69, 9.17) is 9.72 Å². The Morgan fingerprint density at radius 1 is 1.12 bits per heavy atom. The summed E-state index contributed by atoms with van der Waals surface area (Å²) >= 11 is 0. The van der Waals surface area contributed by atoms with Crippen LogP contribution in [0, 0.1) is 6.92 Å². The maximum Gasteiger partial charge on any atom is 0.282 e. The molecule has 0 aliphatic rings. The highest BCUT2D eigenvalue weighted by Gasteiger charge is 2.18. The van der Waals surface area contributed by atoms with Crippen molar-refractivity contribution in [2.45, 2.75) is 33.6 Å². The Morgan fingerprint density at radius 2 is 1.88 bits per heavy atom. The van der Waals surface area contributed by atoms with Crippen molar-refractivity contribution < 1.29 is 4.74 Å². The summed E-state index contributed by atoms with van der Waals surface area (Å²) in [4.78, 5) is 22.3. The lowest BCUT2D eigenvalue weighted by Crippen LogP contribution is -2.20. The zero-order valence-corrected chi connectivity index (χ0v) is 18.7. The highest BCUT2D eigenvalue weighted by atomic mass is 16.5. The first-order chi connectivity index (χ1) is 15.5. The molecule has 0 unspecified atom stereocenters. The molecule has 2 aromatic heterocycles. The van der Waals surface area contributed by atoms with E-state index in [9.17, 15) is 4.79 Å². The van der Waals surface area contributed by atoms with Gasteiger partial charge < -0.3 is 4.74 Å². The van der Waals surface area contributed by atoms with Crippen LogP contribution in [0.4, 0.5) is 0 Å². The summed E-state index contributed by atoms with van der Waals surface area (Å²) in [5, 5.41) is 5.06. The molecule has 0 atom stereocenters. The number of hydrogen-bond donors (Lipinski definition) is 0. The third-order valence-corrected chi connectivity index (χ3v) is 5.30. The van der Waals surface area contributed by atoms with E-state index in [0.717, 1.165) is 28.0 Å². The van der Waals surface area contributed by atoms with Crippen molar-refractivity contribution in [2.75, 3.05) is 6.61 Å². The van der Waals surface area contributed by atoms with E-state index in [1.165, 1.54) is 4.68 Å². The molecule has 0 bridgehead atoms. The highest BCUT2D eigenvalue weighted by molar-refractivity contribution is 5.82. The van der Waals surface area contributed by atoms with E-state index in [2.05, 4.69) is 30.0 Å². The maximum atomic E-state index is 13.4. The number of para-hydroxylation sites is 1. The Labute approximate surface area is 187 Å². The zero-order valence-electron chi connectivity index (χ0n) is 18.7. The minimum atomic E-state index is -0.213. The summed E-state index contributed by atoms with van der Waals surface area (Å²) in [6.07, 6.45) is 5.03. The zero-order chi connectivity index (χ0) is 22.7. The number of rotatable bonds is 6. The van der Waals surface area contributed by atoms with Crippen molar-refractivity contribution in [3.63, 3.8) is 0 Å². The van der Waals surface area contributed by atoms with Crippen molar-refractivity contribution in [1.29, 1.82) is 0 Å². The topological polar surface area (TPSA) is 69.4 Å². The molecule has 4 aromatic rings. The largest absolute Gasteiger partial charge is 0.494 e. The Hall–Kier alpha value is -3.80. The van der Waals surface area contributed by atoms with Gasteiger partial charge in [-0.25, -0.2) is 4.98 Å². The molecule has 0 fully saturated rings. The van der Waals surface area contributed by atoms with Crippen LogP contribution >= 0.6 is 0 Å². The van der Waals surface area contributed by atoms with Crippen LogP contribution in [-0.4, -0.2) is 27.5 Å². The van der Waals surface area contributed by atoms with Gasteiger partial charge in [-0.2, -0.15) is 9.78 Å². The molecule has 0 saturated carbocycles. The fourth-order valence-corrected chi connectivity index (χ4v) is 3.65. The Kier molecular flexibility index (Phi) is 6.12. The SMILES string of the molecule is CCOc1cc(C)c(-c2nc3ccccc3c(=O)n2N=Cc2ccncc2)cc1C(C)C. The second kappa shape index (κ2) is 9.14. The standard InChI is InChI=1S/C26H26N4O2/c1-5-32-24-14-18(4)22(15-21(24)17(2)3)25-29-23-9-7-6-8-20(23)26(31)30(25)28-16-19-10-12-27-13-11-19/h6-17H,5H2,1-4H3. The van der Waals surface area contributed by atoms with Crippen molar-refractivity contribution in [3.05, 3.63) is 88.0 Å². The van der Waals surface area contributed by atoms with Crippen molar-refractivity contribution in [1.82, 2.24) is 14.6 Å². The average Bonchev–Trinajstić information content (AvgIpc) is 2.79. The predicted molar refractivity (Wildman–Crippen MR) is 129 cm³/mol. The van der Waals surface area contributed by atoms with E-state index in [0.29, 0.717) is 23.3 Å². The van der Waals surface area contributed by atoms with Gasteiger partial charge in [0.1, 0.15) is 5.75 Å². The second-order valence-corrected chi connectivity index (χ2v) is 7.89. The van der Waals surface area contributed by atoms with Crippen LogP contribution < -0.4 is 10.3 Å². The molecule has 6 heteroatoms. The molecule has 0 saturated heterocycles. The molecule has 0 N–H and O–H groups in total. The molecule has 0 spiro atoms. The lowest BCUT2D eigenvalue weighted by Gasteiger charge is -2.18. The Morgan fingerprint density at radius 3 is 2.59 bits per heavy atom. The van der Waals surface area contributed by atoms with Gasteiger partial charge in [0.2, 0.25) is 0 Å². The van der Waals surface area contributed by atoms with Gasteiger partial charge in [-0.3, -0.25) is 9.78 Å². The summed E-state index contributed by atoms with van der Waals surface area (Å²) < 4.78 is 7.26. The first-order valence-corrected chi connectivity index (χ1v) is 10.7. The van der Waals surface area contributed by atoms with Crippen LogP contribution in [0.3, 0.4) is 0 Å². The van der Waals surface area contributed by atoms with Gasteiger partial charge in [0.05, 0.1) is 23.7 Å². The van der Waals surface area contributed by atoms with Crippen molar-refractivity contribution in [3.8, 4) is 17.1 Å². The van der Waals surface area contributed by atoms with Gasteiger partial charge in [0.15, 0.2) is 5.82 Å². The Balaban J connectivity index is 1.99. The number of fused-ring (bicyclic) bond motifs is 1. The summed E-state index contributed by atoms with van der Waals surface area (Å²) in [6.45, 7) is 8.82. The third-order valence-electron chi connectivity index (χ3n) is 5.30. The number of pyridine rings is 1. The fourth-order valence-electron chi connectivity index (χ4n) is 3.65. The predicted octanol–water partition coefficient (Wildman–Crippen LogP) is 5.17. The van der Waals surface area contributed by atoms with Crippen LogP contribution in [-0.2, 0) is 0 Å². The summed E-state index contributed by atoms with van der Waals surface area (Å²) in [5.74, 6) is 1.61. The molecule has 162 valence electrons. The molecular weight excluding hydrogens is 400 g/mol. The van der Waals surface area contributed by atoms with Crippen LogP contribution in [0.1, 0.15) is 43.4 Å². The first-order valence-electron chi connectivity index (χ1n) is 10.7. The summed E-state index contributed by atoms with van der Waals surface area (Å²) in [5.41, 5.74) is 4.16. The van der Waals surface area contributed by atoms with Crippen LogP contribution in [0.25, 0.3) is 22.3 Å². The van der Waals surface area contributed by atoms with Crippen LogP contribution in [0.2, 0.25) is 0 Å². The Bertz CT molecular complexity index is 1340. The van der Waals surface area contributed by atoms with Gasteiger partial charge in [-0.1, -0.05) is 26.0 Å². The number of benzene rings is 2. The van der Waals surface area contributed by atoms with Crippen LogP contribution in [0.15, 0.2) is 70.8 Å². The number of aryl methyl sites for hydroxylation is 1. The van der Waals surface area contributed by atoms with E-state index in [1.807, 2.05) is 50.2 Å². The normalized spacial score (nSPS) is 11.5. The van der Waals surface area contributed by atoms with E-state index < -0.39 is 0 Å². The third kappa shape index (κ3) is 4.17. The van der Waals surface area contributed by atoms with Gasteiger partial charge in [-0.15, -0.1) is 0 Å². The van der Waals surface area contributed by atoms with Gasteiger partial charge in [0, 0.05) is 18.0 Å². The highest BCUT2D eigenvalue weighted by Crippen LogP contribution is 2.34. The molecule has 0 amide bonds. The number of hydrogen-bond acceptors (Lipinski definition) is 5. The number of nitrogens with zero attached hydrogens (tertiary/aromatic N) is 4. The van der Waals surface area contributed by atoms with E-state index >= 15 is 0 Å². The average molecular weight is 427 g/mol. The molecular formula is C26H26N4O2. The minimum Gasteiger partial charge on any atom is -0.494 e. The second-order valence-electron chi connectivity index (χ2n) is 7.89. The monoisotopic (exact) mass is 426 g/mol. The van der Waals surface area contributed by atoms with Gasteiger partial charge in [0.25, 0.3) is 5.56 Å². The van der Waals surface area contributed by atoms with Gasteiger partial charge >= 0.3 is 0 Å². The minimum absolute atomic E-state index is 0.213. The lowest BCUT2D eigenvalue weighted by molar-refractivity contribution is 0.335. The van der Waals surface area contributed by atoms with Gasteiger partial charge in [-0.05, 0) is 72.9 Å². The van der Waals surface area contributed by atoms with E-state index in [1.54, 1.807) is 24.7 Å². The maximum absolute atomic E-state index is 13.4. The molecule has 32 heavy (non-hydrogen) atoms. The fraction of sp³-hybridized carbons (Fsp3) is 0.231. The smallest absolute Gasteiger partial charge is 0.282 e. The molecule has 6 nitrogen and oxygen atoms in total. The van der Waals surface area contributed by atoms with E-state index in [-0.39, 0.29) is 11.5 Å². The summed E-state index contributed by atoms with van der Waals surface area (Å²) in [6, 6.07) is 15.1. The lowest BCUT2D eigenvalue weighted by atomic mass is 9.96. The molecule has 2 aromatic carbocycles. The van der Waals surface area contributed by atoms with Crippen molar-refractivity contribution >= 4 is 17.1 Å². The quantitative estimate of drug-likeness (QED) is 0.399.